The predicted octanol–water partition coefficient (Wildman–Crippen LogP) is 11.8. The molecule has 306 valence electrons. The Morgan fingerprint density at radius 2 is 0.941 bits per heavy atom. The molecule has 0 aliphatic carbocycles. The molecule has 0 fully saturated rings. The molecule has 0 saturated carbocycles. The fourth-order valence-corrected chi connectivity index (χ4v) is 7.31. The van der Waals surface area contributed by atoms with Gasteiger partial charge in [-0.3, -0.25) is 13.8 Å². The van der Waals surface area contributed by atoms with Gasteiger partial charge in [-0.05, 0) is 12.8 Å². The quantitative estimate of drug-likeness (QED) is 0.0327. The van der Waals surface area contributed by atoms with Crippen molar-refractivity contribution >= 4 is 13.7 Å². The average molecular weight is 748 g/mol. The highest BCUT2D eigenvalue weighted by Crippen LogP contribution is 2.43. The first-order valence-corrected chi connectivity index (χ1v) is 23.4. The van der Waals surface area contributed by atoms with Crippen LogP contribution in [0.25, 0.3) is 0 Å². The number of hydrogen-bond donors (Lipinski definition) is 3. The molecule has 0 radical (unpaired) electrons. The van der Waals surface area contributed by atoms with Crippen LogP contribution in [-0.4, -0.2) is 73.4 Å². The van der Waals surface area contributed by atoms with E-state index < -0.39 is 20.0 Å². The summed E-state index contributed by atoms with van der Waals surface area (Å²) >= 11 is 0. The minimum atomic E-state index is -4.30. The largest absolute Gasteiger partial charge is 0.472 e. The van der Waals surface area contributed by atoms with Crippen molar-refractivity contribution in [2.75, 3.05) is 40.9 Å². The molecule has 3 unspecified atom stereocenters. The standard InChI is InChI=1S/C42H87N2O6P/c1-6-8-10-12-14-16-18-19-20-21-22-23-24-26-27-29-31-33-35-41(45)40(39-50-51(47,48)49-38-37-44(3,4)5)43-42(46)36-34-32-30-28-25-17-15-13-11-9-7-2/h40-41,45H,6-39H2,1-5H3,(H-,43,46,47,48)/p+1. The number of phosphoric ester groups is 1. The van der Waals surface area contributed by atoms with E-state index in [1.165, 1.54) is 148 Å². The van der Waals surface area contributed by atoms with Crippen LogP contribution in [0.1, 0.15) is 213 Å². The molecule has 51 heavy (non-hydrogen) atoms. The summed E-state index contributed by atoms with van der Waals surface area (Å²) in [4.78, 5) is 23.1. The van der Waals surface area contributed by atoms with Crippen molar-refractivity contribution in [3.05, 3.63) is 0 Å². The number of nitrogens with zero attached hydrogens (tertiary/aromatic N) is 1. The second-order valence-corrected chi connectivity index (χ2v) is 17.9. The predicted molar refractivity (Wildman–Crippen MR) is 217 cm³/mol. The molecule has 3 N–H and O–H groups in total. The number of nitrogens with one attached hydrogen (secondary N) is 1. The minimum Gasteiger partial charge on any atom is -0.391 e. The monoisotopic (exact) mass is 748 g/mol. The van der Waals surface area contributed by atoms with E-state index in [4.69, 9.17) is 9.05 Å². The van der Waals surface area contributed by atoms with E-state index in [2.05, 4.69) is 19.2 Å². The van der Waals surface area contributed by atoms with Crippen molar-refractivity contribution in [1.82, 2.24) is 5.32 Å². The summed E-state index contributed by atoms with van der Waals surface area (Å²) in [5, 5.41) is 13.9. The number of aliphatic hydroxyl groups is 1. The Labute approximate surface area is 317 Å². The van der Waals surface area contributed by atoms with Gasteiger partial charge in [-0.25, -0.2) is 4.57 Å². The summed E-state index contributed by atoms with van der Waals surface area (Å²) in [6, 6.07) is -0.751. The Morgan fingerprint density at radius 3 is 1.31 bits per heavy atom. The third-order valence-corrected chi connectivity index (χ3v) is 11.1. The number of aliphatic hydroxyl groups excluding tert-OH is 1. The number of amides is 1. The lowest BCUT2D eigenvalue weighted by Crippen LogP contribution is -2.46. The number of rotatable bonds is 40. The lowest BCUT2D eigenvalue weighted by Gasteiger charge is -2.26. The van der Waals surface area contributed by atoms with Crippen molar-refractivity contribution in [3.8, 4) is 0 Å². The molecule has 3 atom stereocenters. The van der Waals surface area contributed by atoms with Gasteiger partial charge in [0.2, 0.25) is 5.91 Å². The number of carbonyl (C=O) groups is 1. The molecule has 0 aromatic rings. The topological polar surface area (TPSA) is 105 Å². The Morgan fingerprint density at radius 1 is 0.588 bits per heavy atom. The summed E-state index contributed by atoms with van der Waals surface area (Å²) in [7, 11) is 1.63. The van der Waals surface area contributed by atoms with Gasteiger partial charge in [0.1, 0.15) is 13.2 Å². The molecule has 0 rings (SSSR count). The molecular formula is C42H88N2O6P+. The zero-order valence-corrected chi connectivity index (χ0v) is 35.5. The van der Waals surface area contributed by atoms with Gasteiger partial charge in [-0.15, -0.1) is 0 Å². The van der Waals surface area contributed by atoms with Gasteiger partial charge >= 0.3 is 7.82 Å². The van der Waals surface area contributed by atoms with Crippen molar-refractivity contribution in [1.29, 1.82) is 0 Å². The van der Waals surface area contributed by atoms with E-state index in [1.54, 1.807) is 0 Å². The van der Waals surface area contributed by atoms with Crippen LogP contribution in [0.5, 0.6) is 0 Å². The molecule has 0 spiro atoms. The zero-order valence-electron chi connectivity index (χ0n) is 34.6. The second-order valence-electron chi connectivity index (χ2n) is 16.4. The molecule has 0 aromatic heterocycles. The van der Waals surface area contributed by atoms with Gasteiger partial charge in [0, 0.05) is 6.42 Å². The Hall–Kier alpha value is -0.500. The molecule has 1 amide bonds. The number of likely N-dealkylation sites (N-methyl/N-ethyl adjacent to an activating group) is 1. The summed E-state index contributed by atoms with van der Waals surface area (Å²) in [6.07, 6.45) is 36.9. The highest BCUT2D eigenvalue weighted by molar-refractivity contribution is 7.47. The van der Waals surface area contributed by atoms with Crippen molar-refractivity contribution in [2.24, 2.45) is 0 Å². The molecule has 0 bridgehead atoms. The maximum atomic E-state index is 12.8. The van der Waals surface area contributed by atoms with Crippen LogP contribution in [-0.2, 0) is 18.4 Å². The maximum Gasteiger partial charge on any atom is 0.472 e. The summed E-state index contributed by atoms with van der Waals surface area (Å²) in [6.45, 7) is 4.89. The Bertz CT molecular complexity index is 809. The van der Waals surface area contributed by atoms with Crippen molar-refractivity contribution in [3.63, 3.8) is 0 Å². The van der Waals surface area contributed by atoms with Crippen molar-refractivity contribution in [2.45, 2.75) is 225 Å². The molecular weight excluding hydrogens is 659 g/mol. The van der Waals surface area contributed by atoms with Crippen LogP contribution in [0.4, 0.5) is 0 Å². The first-order valence-electron chi connectivity index (χ1n) is 21.9. The number of quaternary nitrogens is 1. The van der Waals surface area contributed by atoms with Gasteiger partial charge in [0.15, 0.2) is 0 Å². The number of phosphoric acid groups is 1. The third-order valence-electron chi connectivity index (χ3n) is 10.1. The van der Waals surface area contributed by atoms with Crippen LogP contribution in [0.3, 0.4) is 0 Å². The van der Waals surface area contributed by atoms with Crippen LogP contribution in [0.15, 0.2) is 0 Å². The van der Waals surface area contributed by atoms with E-state index in [0.29, 0.717) is 23.9 Å². The summed E-state index contributed by atoms with van der Waals surface area (Å²) in [5.41, 5.74) is 0. The lowest BCUT2D eigenvalue weighted by atomic mass is 10.0. The van der Waals surface area contributed by atoms with Gasteiger partial charge < -0.3 is 19.8 Å². The van der Waals surface area contributed by atoms with Gasteiger partial charge in [-0.1, -0.05) is 194 Å². The SMILES string of the molecule is CCCCCCCCCCCCCCCCCCCCC(O)C(COP(=O)(O)OCC[N+](C)(C)C)NC(=O)CCCCCCCCCCCCC. The molecule has 0 heterocycles. The Kier molecular flexibility index (Phi) is 34.9. The molecule has 9 heteroatoms. The maximum absolute atomic E-state index is 12.8. The molecule has 0 aliphatic heterocycles. The van der Waals surface area contributed by atoms with E-state index in [9.17, 15) is 19.4 Å². The molecule has 0 saturated heterocycles. The van der Waals surface area contributed by atoms with Crippen LogP contribution in [0.2, 0.25) is 0 Å². The molecule has 8 nitrogen and oxygen atoms in total. The number of unbranched alkanes of at least 4 members (excludes halogenated alkanes) is 27. The third kappa shape index (κ3) is 37.6. The summed E-state index contributed by atoms with van der Waals surface area (Å²) in [5.74, 6) is -0.143. The van der Waals surface area contributed by atoms with E-state index in [-0.39, 0.29) is 19.1 Å². The highest BCUT2D eigenvalue weighted by atomic mass is 31.2. The fraction of sp³-hybridized carbons (Fsp3) is 0.976. The minimum absolute atomic E-state index is 0.0784. The average Bonchev–Trinajstić information content (AvgIpc) is 3.07. The summed E-state index contributed by atoms with van der Waals surface area (Å²) < 4.78 is 23.6. The second kappa shape index (κ2) is 35.2. The van der Waals surface area contributed by atoms with Gasteiger partial charge in [0.25, 0.3) is 0 Å². The van der Waals surface area contributed by atoms with Crippen LogP contribution < -0.4 is 5.32 Å². The van der Waals surface area contributed by atoms with Gasteiger partial charge in [0.05, 0.1) is 39.9 Å². The highest BCUT2D eigenvalue weighted by Gasteiger charge is 2.28. The van der Waals surface area contributed by atoms with E-state index >= 15 is 0 Å². The van der Waals surface area contributed by atoms with E-state index in [1.807, 2.05) is 21.1 Å². The molecule has 0 aliphatic rings. The number of carbonyl (C=O) groups excluding carboxylic acids is 1. The first-order chi connectivity index (χ1) is 24.5. The van der Waals surface area contributed by atoms with E-state index in [0.717, 1.165) is 38.5 Å². The van der Waals surface area contributed by atoms with Gasteiger partial charge in [-0.2, -0.15) is 0 Å². The zero-order chi connectivity index (χ0) is 37.9. The van der Waals surface area contributed by atoms with Crippen LogP contribution in [0, 0.1) is 0 Å². The normalized spacial score (nSPS) is 14.4. The smallest absolute Gasteiger partial charge is 0.391 e. The number of hydrogen-bond acceptors (Lipinski definition) is 5. The molecule has 0 aromatic carbocycles. The fourth-order valence-electron chi connectivity index (χ4n) is 6.58. The lowest BCUT2D eigenvalue weighted by molar-refractivity contribution is -0.870. The first kappa shape index (κ1) is 50.5. The Balaban J connectivity index is 4.31. The van der Waals surface area contributed by atoms with Crippen molar-refractivity contribution < 1.29 is 32.9 Å². The van der Waals surface area contributed by atoms with Crippen LogP contribution >= 0.6 is 7.82 Å².